The van der Waals surface area contributed by atoms with E-state index in [1.807, 2.05) is 0 Å². The molecular formula is C26H34F2N2O7. The fraction of sp³-hybridized carbons (Fsp3) is 0.462. The van der Waals surface area contributed by atoms with E-state index in [4.69, 9.17) is 18.9 Å². The number of carboxylic acids is 1. The number of hydrogen-bond acceptors (Lipinski definition) is 6. The predicted octanol–water partition coefficient (Wildman–Crippen LogP) is 4.31. The van der Waals surface area contributed by atoms with Crippen molar-refractivity contribution in [1.82, 2.24) is 4.90 Å². The van der Waals surface area contributed by atoms with Gasteiger partial charge in [-0.2, -0.15) is 0 Å². The van der Waals surface area contributed by atoms with Crippen molar-refractivity contribution < 1.29 is 42.4 Å². The molecule has 2 amide bonds. The zero-order chi connectivity index (χ0) is 27.3. The van der Waals surface area contributed by atoms with Gasteiger partial charge in [0, 0.05) is 32.2 Å². The van der Waals surface area contributed by atoms with Crippen LogP contribution >= 0.6 is 0 Å². The van der Waals surface area contributed by atoms with E-state index in [1.165, 1.54) is 12.0 Å². The van der Waals surface area contributed by atoms with E-state index in [1.54, 1.807) is 55.5 Å². The molecular weight excluding hydrogens is 490 g/mol. The molecule has 2 aromatic rings. The fourth-order valence-electron chi connectivity index (χ4n) is 3.25. The van der Waals surface area contributed by atoms with E-state index in [2.05, 4.69) is 5.32 Å². The minimum absolute atomic E-state index is 0.0707. The van der Waals surface area contributed by atoms with Crippen LogP contribution in [0.25, 0.3) is 0 Å². The molecule has 2 aromatic carbocycles. The summed E-state index contributed by atoms with van der Waals surface area (Å²) in [7, 11) is 1.54. The molecule has 37 heavy (non-hydrogen) atoms. The summed E-state index contributed by atoms with van der Waals surface area (Å²) in [4.78, 5) is 25.5. The highest BCUT2D eigenvalue weighted by atomic mass is 19.3. The molecule has 0 aliphatic heterocycles. The number of methoxy groups -OCH3 is 1. The van der Waals surface area contributed by atoms with Crippen LogP contribution in [0.3, 0.4) is 0 Å². The normalized spacial score (nSPS) is 12.0. The fourth-order valence-corrected chi connectivity index (χ4v) is 3.25. The minimum Gasteiger partial charge on any atom is -0.497 e. The number of carbonyl (C=O) groups is 2. The lowest BCUT2D eigenvalue weighted by molar-refractivity contribution is -0.149. The highest BCUT2D eigenvalue weighted by Gasteiger charge is 2.22. The number of ether oxygens (including phenoxy) is 4. The number of nitrogens with zero attached hydrogens (tertiary/aromatic N) is 1. The molecule has 11 heteroatoms. The molecule has 2 rings (SSSR count). The number of halogens is 2. The smallest absolute Gasteiger partial charge is 0.333 e. The van der Waals surface area contributed by atoms with Gasteiger partial charge in [-0.25, -0.2) is 18.4 Å². The SMILES string of the molecule is CCOC(Cc1ccc(OCCN(CCOCC(C)(F)F)C(=O)Nc2ccc(OC)cc2)cc1)C(=O)O. The number of rotatable bonds is 16. The van der Waals surface area contributed by atoms with Gasteiger partial charge in [-0.15, -0.1) is 0 Å². The lowest BCUT2D eigenvalue weighted by Crippen LogP contribution is -2.40. The molecule has 0 spiro atoms. The predicted molar refractivity (Wildman–Crippen MR) is 134 cm³/mol. The monoisotopic (exact) mass is 524 g/mol. The summed E-state index contributed by atoms with van der Waals surface area (Å²) in [6.45, 7) is 2.37. The van der Waals surface area contributed by atoms with Crippen molar-refractivity contribution in [1.29, 1.82) is 0 Å². The van der Waals surface area contributed by atoms with Crippen LogP contribution in [0.15, 0.2) is 48.5 Å². The minimum atomic E-state index is -2.96. The maximum Gasteiger partial charge on any atom is 0.333 e. The summed E-state index contributed by atoms with van der Waals surface area (Å²) < 4.78 is 47.2. The molecule has 0 saturated carbocycles. The molecule has 0 saturated heterocycles. The standard InChI is InChI=1S/C26H34F2N2O7/c1-4-36-23(24(31)32)17-19-5-9-22(10-6-19)37-16-14-30(13-15-35-18-26(2,27)28)25(33)29-20-7-11-21(34-3)12-8-20/h5-12,23H,4,13-18H2,1-3H3,(H,29,33)(H,31,32). The second kappa shape index (κ2) is 15.0. The van der Waals surface area contributed by atoms with Gasteiger partial charge in [0.1, 0.15) is 24.7 Å². The van der Waals surface area contributed by atoms with Crippen LogP contribution in [0.5, 0.6) is 11.5 Å². The van der Waals surface area contributed by atoms with E-state index in [0.29, 0.717) is 23.8 Å². The van der Waals surface area contributed by atoms with Gasteiger partial charge in [0.25, 0.3) is 5.92 Å². The number of aliphatic carboxylic acids is 1. The number of amides is 2. The van der Waals surface area contributed by atoms with Crippen LogP contribution in [0.4, 0.5) is 19.3 Å². The van der Waals surface area contributed by atoms with Crippen molar-refractivity contribution in [2.24, 2.45) is 0 Å². The highest BCUT2D eigenvalue weighted by Crippen LogP contribution is 2.17. The van der Waals surface area contributed by atoms with Crippen LogP contribution in [0, 0.1) is 0 Å². The lowest BCUT2D eigenvalue weighted by atomic mass is 10.1. The average Bonchev–Trinajstić information content (AvgIpc) is 2.85. The number of urea groups is 1. The average molecular weight is 525 g/mol. The summed E-state index contributed by atoms with van der Waals surface area (Å²) in [5.41, 5.74) is 1.32. The quantitative estimate of drug-likeness (QED) is 0.315. The number of alkyl halides is 2. The van der Waals surface area contributed by atoms with Gasteiger partial charge >= 0.3 is 12.0 Å². The van der Waals surface area contributed by atoms with E-state index in [9.17, 15) is 23.5 Å². The number of carbonyl (C=O) groups excluding carboxylic acids is 1. The topological polar surface area (TPSA) is 107 Å². The van der Waals surface area contributed by atoms with Crippen LogP contribution in [-0.4, -0.2) is 80.7 Å². The molecule has 0 aromatic heterocycles. The van der Waals surface area contributed by atoms with Gasteiger partial charge < -0.3 is 34.3 Å². The van der Waals surface area contributed by atoms with Crippen LogP contribution < -0.4 is 14.8 Å². The van der Waals surface area contributed by atoms with Gasteiger partial charge in [0.05, 0.1) is 20.3 Å². The Bertz CT molecular complexity index is 966. The second-order valence-electron chi connectivity index (χ2n) is 8.25. The van der Waals surface area contributed by atoms with Gasteiger partial charge in [-0.05, 0) is 48.9 Å². The van der Waals surface area contributed by atoms with Crippen molar-refractivity contribution in [2.45, 2.75) is 32.3 Å². The summed E-state index contributed by atoms with van der Waals surface area (Å²) in [5, 5.41) is 12.0. The Hall–Kier alpha value is -3.44. The molecule has 0 aliphatic rings. The third-order valence-corrected chi connectivity index (χ3v) is 5.11. The summed E-state index contributed by atoms with van der Waals surface area (Å²) >= 11 is 0. The third kappa shape index (κ3) is 11.4. The van der Waals surface area contributed by atoms with E-state index in [-0.39, 0.29) is 32.7 Å². The van der Waals surface area contributed by atoms with Crippen molar-refractivity contribution in [2.75, 3.05) is 51.9 Å². The second-order valence-corrected chi connectivity index (χ2v) is 8.25. The van der Waals surface area contributed by atoms with E-state index < -0.39 is 30.6 Å². The summed E-state index contributed by atoms with van der Waals surface area (Å²) in [6, 6.07) is 13.2. The first-order chi connectivity index (χ1) is 17.6. The molecule has 1 atom stereocenters. The molecule has 9 nitrogen and oxygen atoms in total. The van der Waals surface area contributed by atoms with Crippen molar-refractivity contribution >= 4 is 17.7 Å². The molecule has 0 fully saturated rings. The maximum atomic E-state index is 13.0. The lowest BCUT2D eigenvalue weighted by Gasteiger charge is -2.23. The van der Waals surface area contributed by atoms with E-state index in [0.717, 1.165) is 12.5 Å². The number of nitrogens with one attached hydrogen (secondary N) is 1. The molecule has 0 aliphatic carbocycles. The Morgan fingerprint density at radius 2 is 1.65 bits per heavy atom. The molecule has 0 heterocycles. The Morgan fingerprint density at radius 3 is 2.22 bits per heavy atom. The molecule has 1 unspecified atom stereocenters. The van der Waals surface area contributed by atoms with Crippen LogP contribution in [0.1, 0.15) is 19.4 Å². The zero-order valence-electron chi connectivity index (χ0n) is 21.2. The Kier molecular flexibility index (Phi) is 12.0. The first kappa shape index (κ1) is 29.8. The summed E-state index contributed by atoms with van der Waals surface area (Å²) in [6.07, 6.45) is -0.705. The third-order valence-electron chi connectivity index (χ3n) is 5.11. The molecule has 204 valence electrons. The summed E-state index contributed by atoms with van der Waals surface area (Å²) in [5.74, 6) is -2.82. The Labute approximate surface area is 215 Å². The zero-order valence-corrected chi connectivity index (χ0v) is 21.2. The number of hydrogen-bond donors (Lipinski definition) is 2. The van der Waals surface area contributed by atoms with Crippen molar-refractivity contribution in [3.63, 3.8) is 0 Å². The van der Waals surface area contributed by atoms with Gasteiger partial charge in [0.2, 0.25) is 0 Å². The first-order valence-electron chi connectivity index (χ1n) is 11.8. The molecule has 0 bridgehead atoms. The van der Waals surface area contributed by atoms with E-state index >= 15 is 0 Å². The number of anilines is 1. The Morgan fingerprint density at radius 1 is 1.03 bits per heavy atom. The number of carboxylic acid groups (broad SMARTS) is 1. The molecule has 2 N–H and O–H groups in total. The van der Waals surface area contributed by atoms with Crippen molar-refractivity contribution in [3.05, 3.63) is 54.1 Å². The van der Waals surface area contributed by atoms with Crippen molar-refractivity contribution in [3.8, 4) is 11.5 Å². The maximum absolute atomic E-state index is 13.0. The van der Waals surface area contributed by atoms with Gasteiger partial charge in [0.15, 0.2) is 6.10 Å². The highest BCUT2D eigenvalue weighted by molar-refractivity contribution is 5.89. The van der Waals surface area contributed by atoms with Gasteiger partial charge in [-0.1, -0.05) is 12.1 Å². The Balaban J connectivity index is 1.93. The van der Waals surface area contributed by atoms with Gasteiger partial charge in [-0.3, -0.25) is 0 Å². The van der Waals surface area contributed by atoms with Crippen LogP contribution in [-0.2, 0) is 20.7 Å². The first-order valence-corrected chi connectivity index (χ1v) is 11.8. The van der Waals surface area contributed by atoms with Crippen LogP contribution in [0.2, 0.25) is 0 Å². The number of benzene rings is 2. The largest absolute Gasteiger partial charge is 0.497 e. The molecule has 0 radical (unpaired) electrons.